The molecule has 0 aromatic carbocycles. The van der Waals surface area contributed by atoms with E-state index in [4.69, 9.17) is 19.6 Å². The summed E-state index contributed by atoms with van der Waals surface area (Å²) >= 11 is 0. The van der Waals surface area contributed by atoms with Crippen LogP contribution in [0.25, 0.3) is 0 Å². The Morgan fingerprint density at radius 1 is 1.00 bits per heavy atom. The van der Waals surface area contributed by atoms with Crippen LogP contribution in [-0.4, -0.2) is 44.1 Å². The number of rotatable bonds is 4. The molecule has 0 fully saturated rings. The van der Waals surface area contributed by atoms with Crippen molar-refractivity contribution in [1.29, 1.82) is 0 Å². The van der Waals surface area contributed by atoms with Crippen LogP contribution >= 0.6 is 15.2 Å². The summed E-state index contributed by atoms with van der Waals surface area (Å²) in [6.45, 7) is 0. The second kappa shape index (κ2) is 3.98. The third-order valence-corrected chi connectivity index (χ3v) is 2.55. The molecule has 0 spiro atoms. The summed E-state index contributed by atoms with van der Waals surface area (Å²) in [4.78, 5) is 34.5. The van der Waals surface area contributed by atoms with E-state index in [0.29, 0.717) is 0 Å². The summed E-state index contributed by atoms with van der Waals surface area (Å²) in [6, 6.07) is 0. The fraction of sp³-hybridized carbons (Fsp3) is 1.00. The molecule has 0 heterocycles. The molecule has 0 rings (SSSR count). The second-order valence-corrected chi connectivity index (χ2v) is 5.69. The summed E-state index contributed by atoms with van der Waals surface area (Å²) in [5.74, 6) is 0. The third kappa shape index (κ3) is 8.36. The first-order valence-electron chi connectivity index (χ1n) is 2.88. The summed E-state index contributed by atoms with van der Waals surface area (Å²) in [5, 5.41) is 0. The van der Waals surface area contributed by atoms with Crippen LogP contribution in [0.5, 0.6) is 0 Å². The zero-order valence-corrected chi connectivity index (χ0v) is 8.15. The molecule has 0 aliphatic heterocycles. The Balaban J connectivity index is 4.00. The van der Waals surface area contributed by atoms with Gasteiger partial charge in [0.15, 0.2) is 0 Å². The van der Waals surface area contributed by atoms with Gasteiger partial charge in [-0.15, -0.1) is 0 Å². The van der Waals surface area contributed by atoms with Gasteiger partial charge in [0, 0.05) is 0 Å². The van der Waals surface area contributed by atoms with E-state index < -0.39 is 27.8 Å². The van der Waals surface area contributed by atoms with E-state index in [1.807, 2.05) is 0 Å². The van der Waals surface area contributed by atoms with Gasteiger partial charge in [-0.05, 0) is 7.05 Å². The van der Waals surface area contributed by atoms with Gasteiger partial charge < -0.3 is 19.6 Å². The lowest BCUT2D eigenvalue weighted by molar-refractivity contribution is 0.306. The van der Waals surface area contributed by atoms with Crippen LogP contribution in [0.3, 0.4) is 0 Å². The predicted molar refractivity (Wildman–Crippen MR) is 41.6 cm³/mol. The monoisotopic (exact) mass is 219 g/mol. The zero-order chi connectivity index (χ0) is 9.99. The smallest absolute Gasteiger partial charge is 0.324 e. The molecule has 0 aliphatic carbocycles. The molecule has 0 unspecified atom stereocenters. The minimum absolute atomic E-state index is 0.655. The molecule has 12 heavy (non-hydrogen) atoms. The van der Waals surface area contributed by atoms with E-state index in [9.17, 15) is 9.13 Å². The second-order valence-electron chi connectivity index (χ2n) is 2.47. The Bertz CT molecular complexity index is 205. The molecule has 0 atom stereocenters. The first-order valence-corrected chi connectivity index (χ1v) is 6.47. The van der Waals surface area contributed by atoms with E-state index in [0.717, 1.165) is 4.90 Å². The van der Waals surface area contributed by atoms with Crippen LogP contribution in [0, 0.1) is 0 Å². The van der Waals surface area contributed by atoms with E-state index >= 15 is 0 Å². The van der Waals surface area contributed by atoms with Gasteiger partial charge in [-0.25, -0.2) is 0 Å². The molecule has 0 aliphatic rings. The topological polar surface area (TPSA) is 118 Å². The zero-order valence-electron chi connectivity index (χ0n) is 6.36. The van der Waals surface area contributed by atoms with Crippen molar-refractivity contribution in [3.05, 3.63) is 0 Å². The lowest BCUT2D eigenvalue weighted by atomic mass is 11.0. The highest BCUT2D eigenvalue weighted by Crippen LogP contribution is 2.39. The molecular formula is C3H11NO6P2. The molecule has 0 saturated heterocycles. The van der Waals surface area contributed by atoms with Crippen LogP contribution in [0.1, 0.15) is 0 Å². The average molecular weight is 219 g/mol. The van der Waals surface area contributed by atoms with Crippen molar-refractivity contribution in [2.75, 3.05) is 19.6 Å². The number of nitrogens with zero attached hydrogens (tertiary/aromatic N) is 1. The highest BCUT2D eigenvalue weighted by Gasteiger charge is 2.22. The van der Waals surface area contributed by atoms with E-state index in [2.05, 4.69) is 0 Å². The van der Waals surface area contributed by atoms with Gasteiger partial charge in [-0.3, -0.25) is 14.0 Å². The van der Waals surface area contributed by atoms with Crippen LogP contribution in [-0.2, 0) is 9.13 Å². The molecule has 0 bridgehead atoms. The van der Waals surface area contributed by atoms with Crippen LogP contribution in [0.4, 0.5) is 0 Å². The highest BCUT2D eigenvalue weighted by molar-refractivity contribution is 7.52. The standard InChI is InChI=1S/C3H11NO6P2/c1-4(2-11(5,6)7)3-12(8,9)10/h2-3H2,1H3,(H2,5,6,7)(H2,8,9,10). The van der Waals surface area contributed by atoms with Crippen molar-refractivity contribution in [3.8, 4) is 0 Å². The van der Waals surface area contributed by atoms with Gasteiger partial charge in [-0.2, -0.15) is 0 Å². The largest absolute Gasteiger partial charge is 0.339 e. The Labute approximate surface area is 69.3 Å². The Morgan fingerprint density at radius 2 is 1.25 bits per heavy atom. The van der Waals surface area contributed by atoms with Gasteiger partial charge in [-0.1, -0.05) is 0 Å². The Hall–Kier alpha value is 0.260. The average Bonchev–Trinajstić information content (AvgIpc) is 1.49. The highest BCUT2D eigenvalue weighted by atomic mass is 31.2. The molecule has 4 N–H and O–H groups in total. The fourth-order valence-corrected chi connectivity index (χ4v) is 2.29. The van der Waals surface area contributed by atoms with Crippen molar-refractivity contribution in [2.24, 2.45) is 0 Å². The van der Waals surface area contributed by atoms with Gasteiger partial charge in [0.25, 0.3) is 0 Å². The molecule has 74 valence electrons. The van der Waals surface area contributed by atoms with E-state index in [-0.39, 0.29) is 0 Å². The minimum atomic E-state index is -4.23. The molecule has 0 aromatic heterocycles. The van der Waals surface area contributed by atoms with Crippen LogP contribution < -0.4 is 0 Å². The van der Waals surface area contributed by atoms with E-state index in [1.165, 1.54) is 7.05 Å². The molecule has 0 saturated carbocycles. The number of hydrogen-bond donors (Lipinski definition) is 4. The van der Waals surface area contributed by atoms with Crippen LogP contribution in [0.15, 0.2) is 0 Å². The maximum absolute atomic E-state index is 10.3. The lowest BCUT2D eigenvalue weighted by Crippen LogP contribution is -2.20. The Kier molecular flexibility index (Phi) is 4.07. The first-order chi connectivity index (χ1) is 5.10. The summed E-state index contributed by atoms with van der Waals surface area (Å²) in [7, 11) is -7.23. The normalized spacial score (nSPS) is 13.8. The quantitative estimate of drug-likeness (QED) is 0.456. The van der Waals surface area contributed by atoms with Crippen molar-refractivity contribution in [2.45, 2.75) is 0 Å². The summed E-state index contributed by atoms with van der Waals surface area (Å²) < 4.78 is 20.7. The van der Waals surface area contributed by atoms with Crippen molar-refractivity contribution in [3.63, 3.8) is 0 Å². The van der Waals surface area contributed by atoms with Gasteiger partial charge in [0.1, 0.15) is 12.6 Å². The van der Waals surface area contributed by atoms with E-state index in [1.54, 1.807) is 0 Å². The Morgan fingerprint density at radius 3 is 1.42 bits per heavy atom. The SMILES string of the molecule is CN(CP(=O)(O)O)CP(=O)(O)O. The predicted octanol–water partition coefficient (Wildman–Crippen LogP) is -0.811. The first kappa shape index (κ1) is 12.3. The van der Waals surface area contributed by atoms with Crippen LogP contribution in [0.2, 0.25) is 0 Å². The van der Waals surface area contributed by atoms with Gasteiger partial charge in [0.2, 0.25) is 0 Å². The molecule has 0 aromatic rings. The van der Waals surface area contributed by atoms with Crippen molar-refractivity contribution >= 4 is 15.2 Å². The van der Waals surface area contributed by atoms with Crippen molar-refractivity contribution < 1.29 is 28.7 Å². The molecular weight excluding hydrogens is 208 g/mol. The molecule has 0 radical (unpaired) electrons. The third-order valence-electron chi connectivity index (χ3n) is 0.851. The summed E-state index contributed by atoms with van der Waals surface area (Å²) in [6.07, 6.45) is -1.31. The lowest BCUT2D eigenvalue weighted by Gasteiger charge is -2.17. The molecule has 9 heteroatoms. The van der Waals surface area contributed by atoms with Gasteiger partial charge in [0.05, 0.1) is 0 Å². The molecule has 0 amide bonds. The maximum atomic E-state index is 10.3. The molecule has 7 nitrogen and oxygen atoms in total. The minimum Gasteiger partial charge on any atom is -0.324 e. The number of hydrogen-bond acceptors (Lipinski definition) is 3. The maximum Gasteiger partial charge on any atom is 0.339 e. The van der Waals surface area contributed by atoms with Gasteiger partial charge >= 0.3 is 15.2 Å². The fourth-order valence-electron chi connectivity index (χ4n) is 0.674. The van der Waals surface area contributed by atoms with Crippen molar-refractivity contribution in [1.82, 2.24) is 4.90 Å². The summed E-state index contributed by atoms with van der Waals surface area (Å²) in [5.41, 5.74) is 0.